The second-order valence-corrected chi connectivity index (χ2v) is 6.08. The monoisotopic (exact) mass is 245 g/mol. The molecular formula is C10H19N3O2S. The highest BCUT2D eigenvalue weighted by Gasteiger charge is 2.30. The molecule has 5 N–H and O–H groups in total. The fraction of sp³-hybridized carbons (Fsp3) is 0.800. The van der Waals surface area contributed by atoms with Crippen molar-refractivity contribution in [3.05, 3.63) is 0 Å². The van der Waals surface area contributed by atoms with Gasteiger partial charge in [-0.3, -0.25) is 9.59 Å². The number of primary amides is 1. The maximum atomic E-state index is 11.5. The molecule has 2 unspecified atom stereocenters. The fourth-order valence-corrected chi connectivity index (χ4v) is 2.94. The van der Waals surface area contributed by atoms with E-state index in [4.69, 9.17) is 11.5 Å². The summed E-state index contributed by atoms with van der Waals surface area (Å²) in [4.78, 5) is 22.1. The predicted octanol–water partition coefficient (Wildman–Crippen LogP) is -0.409. The van der Waals surface area contributed by atoms with Crippen molar-refractivity contribution in [3.8, 4) is 0 Å². The Kier molecular flexibility index (Phi) is 4.61. The van der Waals surface area contributed by atoms with Gasteiger partial charge in [-0.2, -0.15) is 11.8 Å². The molecule has 16 heavy (non-hydrogen) atoms. The first-order valence-electron chi connectivity index (χ1n) is 5.38. The number of rotatable bonds is 5. The maximum absolute atomic E-state index is 11.5. The van der Waals surface area contributed by atoms with Crippen molar-refractivity contribution in [2.45, 2.75) is 37.0 Å². The average Bonchev–Trinajstić information content (AvgIpc) is 2.61. The SMILES string of the molecule is CC1(CNC(=O)C(N)CC(N)=O)CCCS1. The highest BCUT2D eigenvalue weighted by Crippen LogP contribution is 2.36. The van der Waals surface area contributed by atoms with Gasteiger partial charge < -0.3 is 16.8 Å². The normalized spacial score (nSPS) is 26.4. The van der Waals surface area contributed by atoms with Gasteiger partial charge in [0.05, 0.1) is 12.5 Å². The number of thioether (sulfide) groups is 1. The summed E-state index contributed by atoms with van der Waals surface area (Å²) in [5.74, 6) is 0.288. The molecule has 1 aliphatic rings. The van der Waals surface area contributed by atoms with E-state index in [1.54, 1.807) is 0 Å². The molecule has 2 amide bonds. The van der Waals surface area contributed by atoms with Crippen molar-refractivity contribution < 1.29 is 9.59 Å². The van der Waals surface area contributed by atoms with Crippen LogP contribution in [0.3, 0.4) is 0 Å². The molecule has 0 aromatic carbocycles. The zero-order valence-corrected chi connectivity index (χ0v) is 10.3. The summed E-state index contributed by atoms with van der Waals surface area (Å²) in [7, 11) is 0. The molecular weight excluding hydrogens is 226 g/mol. The fourth-order valence-electron chi connectivity index (χ4n) is 1.69. The smallest absolute Gasteiger partial charge is 0.237 e. The first kappa shape index (κ1) is 13.3. The number of carbonyl (C=O) groups is 2. The Morgan fingerprint density at radius 2 is 2.25 bits per heavy atom. The Morgan fingerprint density at radius 3 is 2.75 bits per heavy atom. The summed E-state index contributed by atoms with van der Waals surface area (Å²) in [5, 5.41) is 2.78. The van der Waals surface area contributed by atoms with Crippen molar-refractivity contribution in [2.24, 2.45) is 11.5 Å². The molecule has 5 nitrogen and oxygen atoms in total. The van der Waals surface area contributed by atoms with Crippen LogP contribution in [0.15, 0.2) is 0 Å². The van der Waals surface area contributed by atoms with E-state index in [1.165, 1.54) is 6.42 Å². The Labute approximate surface area is 99.7 Å². The van der Waals surface area contributed by atoms with E-state index in [2.05, 4.69) is 12.2 Å². The van der Waals surface area contributed by atoms with Crippen LogP contribution in [0.1, 0.15) is 26.2 Å². The van der Waals surface area contributed by atoms with E-state index in [0.717, 1.165) is 12.2 Å². The van der Waals surface area contributed by atoms with Gasteiger partial charge in [-0.1, -0.05) is 0 Å². The van der Waals surface area contributed by atoms with Gasteiger partial charge in [0.15, 0.2) is 0 Å². The summed E-state index contributed by atoms with van der Waals surface area (Å²) >= 11 is 1.87. The van der Waals surface area contributed by atoms with Crippen LogP contribution in [0.25, 0.3) is 0 Å². The topological polar surface area (TPSA) is 98.2 Å². The largest absolute Gasteiger partial charge is 0.370 e. The van der Waals surface area contributed by atoms with Gasteiger partial charge in [0.2, 0.25) is 11.8 Å². The summed E-state index contributed by atoms with van der Waals surface area (Å²) in [5.41, 5.74) is 10.5. The lowest BCUT2D eigenvalue weighted by molar-refractivity contribution is -0.126. The number of nitrogens with one attached hydrogen (secondary N) is 1. The minimum Gasteiger partial charge on any atom is -0.370 e. The van der Waals surface area contributed by atoms with Crippen LogP contribution >= 0.6 is 11.8 Å². The van der Waals surface area contributed by atoms with E-state index < -0.39 is 11.9 Å². The van der Waals surface area contributed by atoms with Crippen LogP contribution in [0, 0.1) is 0 Å². The molecule has 1 heterocycles. The van der Waals surface area contributed by atoms with Crippen LogP contribution in [0.4, 0.5) is 0 Å². The molecule has 0 aromatic rings. The van der Waals surface area contributed by atoms with Crippen LogP contribution in [-0.4, -0.2) is 34.9 Å². The number of amides is 2. The molecule has 6 heteroatoms. The number of nitrogens with two attached hydrogens (primary N) is 2. The summed E-state index contributed by atoms with van der Waals surface area (Å²) in [6, 6.07) is -0.826. The van der Waals surface area contributed by atoms with Crippen molar-refractivity contribution >= 4 is 23.6 Å². The molecule has 1 fully saturated rings. The molecule has 0 bridgehead atoms. The van der Waals surface area contributed by atoms with E-state index in [1.807, 2.05) is 11.8 Å². The average molecular weight is 245 g/mol. The van der Waals surface area contributed by atoms with E-state index in [9.17, 15) is 9.59 Å². The second-order valence-electron chi connectivity index (χ2n) is 4.40. The first-order valence-corrected chi connectivity index (χ1v) is 6.37. The van der Waals surface area contributed by atoms with Crippen molar-refractivity contribution in [2.75, 3.05) is 12.3 Å². The van der Waals surface area contributed by atoms with Gasteiger partial charge in [-0.25, -0.2) is 0 Å². The Balaban J connectivity index is 2.31. The van der Waals surface area contributed by atoms with Gasteiger partial charge in [0.1, 0.15) is 0 Å². The van der Waals surface area contributed by atoms with Gasteiger partial charge in [-0.05, 0) is 25.5 Å². The quantitative estimate of drug-likeness (QED) is 0.613. The lowest BCUT2D eigenvalue weighted by atomic mass is 10.1. The van der Waals surface area contributed by atoms with Gasteiger partial charge in [-0.15, -0.1) is 0 Å². The van der Waals surface area contributed by atoms with Crippen molar-refractivity contribution in [3.63, 3.8) is 0 Å². The molecule has 1 aliphatic heterocycles. The molecule has 0 aliphatic carbocycles. The zero-order valence-electron chi connectivity index (χ0n) is 9.49. The van der Waals surface area contributed by atoms with Gasteiger partial charge in [0.25, 0.3) is 0 Å². The Hall–Kier alpha value is -0.750. The summed E-state index contributed by atoms with van der Waals surface area (Å²) in [6.45, 7) is 2.73. The predicted molar refractivity (Wildman–Crippen MR) is 64.9 cm³/mol. The standard InChI is InChI=1S/C10H19N3O2S/c1-10(3-2-4-16-10)6-13-9(15)7(11)5-8(12)14/h7H,2-6,11H2,1H3,(H2,12,14)(H,13,15). The molecule has 0 spiro atoms. The van der Waals surface area contributed by atoms with E-state index >= 15 is 0 Å². The van der Waals surface area contributed by atoms with Crippen molar-refractivity contribution in [1.29, 1.82) is 0 Å². The van der Waals surface area contributed by atoms with E-state index in [-0.39, 0.29) is 17.1 Å². The minimum atomic E-state index is -0.826. The van der Waals surface area contributed by atoms with Gasteiger partial charge in [0, 0.05) is 11.3 Å². The third kappa shape index (κ3) is 4.02. The number of hydrogen-bond donors (Lipinski definition) is 3. The lowest BCUT2D eigenvalue weighted by Crippen LogP contribution is -2.46. The maximum Gasteiger partial charge on any atom is 0.237 e. The molecule has 1 rings (SSSR count). The summed E-state index contributed by atoms with van der Waals surface area (Å²) < 4.78 is 0.113. The van der Waals surface area contributed by atoms with Crippen LogP contribution in [-0.2, 0) is 9.59 Å². The van der Waals surface area contributed by atoms with Crippen LogP contribution < -0.4 is 16.8 Å². The van der Waals surface area contributed by atoms with Crippen LogP contribution in [0.2, 0.25) is 0 Å². The molecule has 92 valence electrons. The Morgan fingerprint density at radius 1 is 1.56 bits per heavy atom. The highest BCUT2D eigenvalue weighted by molar-refractivity contribution is 8.00. The molecule has 0 radical (unpaired) electrons. The summed E-state index contributed by atoms with van der Waals surface area (Å²) in [6.07, 6.45) is 2.18. The van der Waals surface area contributed by atoms with Crippen LogP contribution in [0.5, 0.6) is 0 Å². The third-order valence-electron chi connectivity index (χ3n) is 2.69. The molecule has 2 atom stereocenters. The Bertz CT molecular complexity index is 277. The van der Waals surface area contributed by atoms with Crippen molar-refractivity contribution in [1.82, 2.24) is 5.32 Å². The highest BCUT2D eigenvalue weighted by atomic mass is 32.2. The third-order valence-corrected chi connectivity index (χ3v) is 4.23. The number of hydrogen-bond acceptors (Lipinski definition) is 4. The molecule has 0 aromatic heterocycles. The molecule has 0 saturated carbocycles. The molecule has 1 saturated heterocycles. The van der Waals surface area contributed by atoms with E-state index in [0.29, 0.717) is 6.54 Å². The number of carbonyl (C=O) groups excluding carboxylic acids is 2. The zero-order chi connectivity index (χ0) is 12.2. The first-order chi connectivity index (χ1) is 7.43. The lowest BCUT2D eigenvalue weighted by Gasteiger charge is -2.23. The minimum absolute atomic E-state index is 0.101. The van der Waals surface area contributed by atoms with Gasteiger partial charge >= 0.3 is 0 Å². The second kappa shape index (κ2) is 5.54.